The van der Waals surface area contributed by atoms with E-state index in [9.17, 15) is 29.7 Å². The molecule has 47 heavy (non-hydrogen) atoms. The van der Waals surface area contributed by atoms with Crippen molar-refractivity contribution in [2.24, 2.45) is 0 Å². The van der Waals surface area contributed by atoms with Crippen LogP contribution in [0, 0.1) is 6.92 Å². The Labute approximate surface area is 282 Å². The van der Waals surface area contributed by atoms with Crippen LogP contribution in [0.5, 0.6) is 0 Å². The molecule has 5 atom stereocenters. The van der Waals surface area contributed by atoms with Crippen molar-refractivity contribution in [1.82, 2.24) is 20.4 Å². The highest BCUT2D eigenvalue weighted by Crippen LogP contribution is 2.36. The highest BCUT2D eigenvalue weighted by Gasteiger charge is 2.44. The molecule has 2 aliphatic heterocycles. The monoisotopic (exact) mass is 670 g/mol. The van der Waals surface area contributed by atoms with Gasteiger partial charge in [0, 0.05) is 39.6 Å². The molecule has 0 bridgehead atoms. The van der Waals surface area contributed by atoms with Gasteiger partial charge in [-0.15, -0.1) is 11.8 Å². The second-order valence-corrected chi connectivity index (χ2v) is 14.1. The molecule has 0 radical (unpaired) electrons. The summed E-state index contributed by atoms with van der Waals surface area (Å²) in [7, 11) is 1.79. The summed E-state index contributed by atoms with van der Waals surface area (Å²) in [4.78, 5) is 41.0. The molecule has 12 heteroatoms. The number of aliphatic hydroxyl groups excluding tert-OH is 3. The van der Waals surface area contributed by atoms with Crippen LogP contribution < -0.4 is 10.6 Å². The zero-order valence-electron chi connectivity index (χ0n) is 28.1. The number of aryl methyl sites for hydroxylation is 2. The summed E-state index contributed by atoms with van der Waals surface area (Å²) < 4.78 is 5.95. The molecule has 0 saturated carbocycles. The van der Waals surface area contributed by atoms with Crippen molar-refractivity contribution in [2.75, 3.05) is 46.0 Å². The number of amides is 3. The summed E-state index contributed by atoms with van der Waals surface area (Å²) in [6.07, 6.45) is -0.310. The Balaban J connectivity index is 1.22. The molecule has 2 fully saturated rings. The molecule has 5 N–H and O–H groups in total. The largest absolute Gasteiger partial charge is 0.387 e. The molecule has 2 heterocycles. The Bertz CT molecular complexity index is 1390. The first-order valence-corrected chi connectivity index (χ1v) is 17.5. The van der Waals surface area contributed by atoms with Crippen LogP contribution in [0.1, 0.15) is 60.6 Å². The lowest BCUT2D eigenvalue weighted by molar-refractivity contribution is -0.200. The third-order valence-electron chi connectivity index (χ3n) is 9.06. The maximum absolute atomic E-state index is 12.7. The van der Waals surface area contributed by atoms with E-state index < -0.39 is 35.4 Å². The van der Waals surface area contributed by atoms with Gasteiger partial charge in [0.1, 0.15) is 35.4 Å². The number of hydrogen-bond donors (Lipinski definition) is 5. The van der Waals surface area contributed by atoms with Gasteiger partial charge in [0.2, 0.25) is 17.7 Å². The van der Waals surface area contributed by atoms with Crippen LogP contribution in [-0.4, -0.2) is 118 Å². The quantitative estimate of drug-likeness (QED) is 0.214. The molecule has 11 nitrogen and oxygen atoms in total. The van der Waals surface area contributed by atoms with Crippen LogP contribution in [-0.2, 0) is 32.0 Å². The number of piperazine rings is 1. The van der Waals surface area contributed by atoms with Crippen LogP contribution in [0.25, 0.3) is 0 Å². The number of nitrogens with zero attached hydrogens (tertiary/aromatic N) is 2. The molecule has 2 aromatic carbocycles. The minimum Gasteiger partial charge on any atom is -0.387 e. The number of carbonyl (C=O) groups excluding carboxylic acids is 3. The number of aliphatic hydroxyl groups is 3. The van der Waals surface area contributed by atoms with Gasteiger partial charge < -0.3 is 35.6 Å². The van der Waals surface area contributed by atoms with Gasteiger partial charge >= 0.3 is 0 Å². The highest BCUT2D eigenvalue weighted by atomic mass is 32.2. The normalized spacial score (nSPS) is 23.9. The number of nitrogens with one attached hydrogen (secondary N) is 2. The lowest BCUT2D eigenvalue weighted by atomic mass is 9.91. The Hall–Kier alpha value is -3.00. The number of carbonyl (C=O) groups is 3. The predicted molar refractivity (Wildman–Crippen MR) is 182 cm³/mol. The zero-order chi connectivity index (χ0) is 34.3. The molecule has 2 saturated heterocycles. The van der Waals surface area contributed by atoms with Crippen LogP contribution in [0.15, 0.2) is 42.5 Å². The van der Waals surface area contributed by atoms with Gasteiger partial charge in [-0.3, -0.25) is 19.3 Å². The van der Waals surface area contributed by atoms with Crippen molar-refractivity contribution in [3.8, 4) is 0 Å². The average Bonchev–Trinajstić information content (AvgIpc) is 3.03. The van der Waals surface area contributed by atoms with Crippen LogP contribution in [0.3, 0.4) is 0 Å². The summed E-state index contributed by atoms with van der Waals surface area (Å²) in [5, 5.41) is 36.9. The Kier molecular flexibility index (Phi) is 12.9. The third-order valence-corrected chi connectivity index (χ3v) is 9.91. The zero-order valence-corrected chi connectivity index (χ0v) is 28.9. The lowest BCUT2D eigenvalue weighted by Crippen LogP contribution is -2.56. The lowest BCUT2D eigenvalue weighted by Gasteiger charge is -2.40. The molecule has 3 amide bonds. The number of ether oxygens (including phenoxy) is 1. The van der Waals surface area contributed by atoms with Gasteiger partial charge in [-0.05, 0) is 74.1 Å². The molecule has 0 spiro atoms. The number of benzene rings is 2. The summed E-state index contributed by atoms with van der Waals surface area (Å²) in [5.41, 5.74) is 3.46. The second-order valence-electron chi connectivity index (χ2n) is 13.2. The summed E-state index contributed by atoms with van der Waals surface area (Å²) in [6.45, 7) is 8.19. The molecule has 0 aromatic heterocycles. The molecular formula is C35H50N4O7S. The highest BCUT2D eigenvalue weighted by molar-refractivity contribution is 7.99. The average molecular weight is 671 g/mol. The van der Waals surface area contributed by atoms with E-state index in [4.69, 9.17) is 4.74 Å². The van der Waals surface area contributed by atoms with Gasteiger partial charge in [0.15, 0.2) is 0 Å². The van der Waals surface area contributed by atoms with Gasteiger partial charge in [-0.2, -0.15) is 0 Å². The van der Waals surface area contributed by atoms with Crippen LogP contribution >= 0.6 is 11.8 Å². The van der Waals surface area contributed by atoms with E-state index in [0.717, 1.165) is 40.8 Å². The van der Waals surface area contributed by atoms with Crippen molar-refractivity contribution in [1.29, 1.82) is 0 Å². The van der Waals surface area contributed by atoms with E-state index in [1.807, 2.05) is 30.0 Å². The molecule has 2 aliphatic rings. The SMILES string of the molecule is CS[C@H]1O[C@@H](c2ccc(C)c(Cc3ccc(CCCC(=O)NC(C)(C)C(=O)NCCN4CCN(C)C(=O)C4)cc3)c2)[C@H](O)[C@@H](O)[C@@H]1O. The molecule has 2 aromatic rings. The maximum Gasteiger partial charge on any atom is 0.245 e. The van der Waals surface area contributed by atoms with Crippen molar-refractivity contribution in [3.63, 3.8) is 0 Å². The van der Waals surface area contributed by atoms with E-state index >= 15 is 0 Å². The van der Waals surface area contributed by atoms with Crippen molar-refractivity contribution >= 4 is 29.5 Å². The second kappa shape index (κ2) is 16.4. The smallest absolute Gasteiger partial charge is 0.245 e. The molecule has 4 rings (SSSR count). The van der Waals surface area contributed by atoms with E-state index in [2.05, 4.69) is 34.9 Å². The molecule has 0 unspecified atom stereocenters. The van der Waals surface area contributed by atoms with Crippen molar-refractivity contribution < 1.29 is 34.4 Å². The summed E-state index contributed by atoms with van der Waals surface area (Å²) in [5.74, 6) is -0.365. The predicted octanol–water partition coefficient (Wildman–Crippen LogP) is 1.54. The van der Waals surface area contributed by atoms with E-state index in [-0.39, 0.29) is 17.7 Å². The number of hydrogen-bond acceptors (Lipinski definition) is 9. The minimum atomic E-state index is -1.29. The Morgan fingerprint density at radius 1 is 1.02 bits per heavy atom. The van der Waals surface area contributed by atoms with Crippen molar-refractivity contribution in [2.45, 2.75) is 81.8 Å². The van der Waals surface area contributed by atoms with E-state index in [0.29, 0.717) is 45.4 Å². The molecular weight excluding hydrogens is 620 g/mol. The first kappa shape index (κ1) is 36.8. The number of thioether (sulfide) groups is 1. The fourth-order valence-corrected chi connectivity index (χ4v) is 6.56. The Morgan fingerprint density at radius 2 is 1.72 bits per heavy atom. The number of likely N-dealkylation sites (N-methyl/N-ethyl adjacent to an activating group) is 1. The van der Waals surface area contributed by atoms with Crippen molar-refractivity contribution in [3.05, 3.63) is 70.3 Å². The molecule has 258 valence electrons. The van der Waals surface area contributed by atoms with E-state index in [1.165, 1.54) is 11.8 Å². The summed E-state index contributed by atoms with van der Waals surface area (Å²) >= 11 is 1.29. The first-order valence-electron chi connectivity index (χ1n) is 16.2. The van der Waals surface area contributed by atoms with Gasteiger partial charge in [0.25, 0.3) is 0 Å². The maximum atomic E-state index is 12.7. The first-order chi connectivity index (χ1) is 22.3. The topological polar surface area (TPSA) is 152 Å². The van der Waals surface area contributed by atoms with E-state index in [1.54, 1.807) is 32.1 Å². The van der Waals surface area contributed by atoms with Gasteiger partial charge in [0.05, 0.1) is 6.54 Å². The summed E-state index contributed by atoms with van der Waals surface area (Å²) in [6, 6.07) is 14.1. The van der Waals surface area contributed by atoms with Gasteiger partial charge in [-0.25, -0.2) is 0 Å². The third kappa shape index (κ3) is 9.77. The number of rotatable bonds is 13. The Morgan fingerprint density at radius 3 is 2.40 bits per heavy atom. The standard InChI is InChI=1S/C35H50N4O7S/c1-22-9-14-25(32-30(43)29(42)31(44)33(46-32)47-5)20-26(22)19-24-12-10-23(11-13-24)7-6-8-27(40)37-35(2,3)34(45)36-15-16-39-18-17-38(4)28(41)21-39/h9-14,20,29-33,42-44H,6-8,15-19,21H2,1-5H3,(H,36,45)(H,37,40)/t29-,30-,31+,32+,33-/m1/s1. The molecule has 0 aliphatic carbocycles. The minimum absolute atomic E-state index is 0.0744. The van der Waals surface area contributed by atoms with Crippen LogP contribution in [0.4, 0.5) is 0 Å². The van der Waals surface area contributed by atoms with Crippen LogP contribution in [0.2, 0.25) is 0 Å². The fraction of sp³-hybridized carbons (Fsp3) is 0.571. The fourth-order valence-electron chi connectivity index (χ4n) is 5.89. The van der Waals surface area contributed by atoms with Gasteiger partial charge in [-0.1, -0.05) is 42.5 Å².